The van der Waals surface area contributed by atoms with E-state index in [2.05, 4.69) is 9.97 Å². The third-order valence-corrected chi connectivity index (χ3v) is 2.10. The molecule has 4 nitrogen and oxygen atoms in total. The van der Waals surface area contributed by atoms with Crippen LogP contribution in [0, 0.1) is 0 Å². The Hall–Kier alpha value is -1.42. The fraction of sp³-hybridized carbons (Fsp3) is 0.333. The number of hydrogen-bond donors (Lipinski definition) is 1. The SMILES string of the molecule is Cn1cnc2c(CCN)ccnc21. The summed E-state index contributed by atoms with van der Waals surface area (Å²) >= 11 is 0. The molecule has 0 radical (unpaired) electrons. The molecule has 2 rings (SSSR count). The Kier molecular flexibility index (Phi) is 1.98. The summed E-state index contributed by atoms with van der Waals surface area (Å²) in [6.45, 7) is 0.648. The molecule has 2 aromatic heterocycles. The molecule has 0 saturated heterocycles. The van der Waals surface area contributed by atoms with Crippen LogP contribution in [0.5, 0.6) is 0 Å². The van der Waals surface area contributed by atoms with E-state index in [4.69, 9.17) is 5.73 Å². The Balaban J connectivity index is 2.63. The van der Waals surface area contributed by atoms with Crippen molar-refractivity contribution in [3.05, 3.63) is 24.2 Å². The minimum atomic E-state index is 0.648. The van der Waals surface area contributed by atoms with Gasteiger partial charge in [0.2, 0.25) is 0 Å². The molecule has 0 aromatic carbocycles. The molecule has 2 heterocycles. The molecule has 0 spiro atoms. The Morgan fingerprint density at radius 2 is 2.31 bits per heavy atom. The maximum atomic E-state index is 5.50. The molecule has 4 heteroatoms. The first-order valence-electron chi connectivity index (χ1n) is 4.28. The number of pyridine rings is 1. The average Bonchev–Trinajstić information content (AvgIpc) is 2.50. The van der Waals surface area contributed by atoms with Crippen LogP contribution in [0.15, 0.2) is 18.6 Å². The zero-order valence-corrected chi connectivity index (χ0v) is 7.57. The van der Waals surface area contributed by atoms with E-state index in [0.29, 0.717) is 6.54 Å². The number of nitrogens with two attached hydrogens (primary N) is 1. The van der Waals surface area contributed by atoms with E-state index in [1.54, 1.807) is 12.5 Å². The summed E-state index contributed by atoms with van der Waals surface area (Å²) in [4.78, 5) is 8.53. The van der Waals surface area contributed by atoms with E-state index < -0.39 is 0 Å². The normalized spacial score (nSPS) is 10.9. The van der Waals surface area contributed by atoms with E-state index in [-0.39, 0.29) is 0 Å². The van der Waals surface area contributed by atoms with Gasteiger partial charge in [-0.3, -0.25) is 0 Å². The highest BCUT2D eigenvalue weighted by Gasteiger charge is 2.04. The van der Waals surface area contributed by atoms with Gasteiger partial charge in [0.1, 0.15) is 5.52 Å². The van der Waals surface area contributed by atoms with Gasteiger partial charge in [0.15, 0.2) is 5.65 Å². The molecule has 0 aliphatic carbocycles. The molecular formula is C9H12N4. The lowest BCUT2D eigenvalue weighted by Crippen LogP contribution is -2.03. The molecule has 0 aliphatic heterocycles. The molecule has 0 fully saturated rings. The monoisotopic (exact) mass is 176 g/mol. The Morgan fingerprint density at radius 3 is 3.08 bits per heavy atom. The minimum absolute atomic E-state index is 0.648. The van der Waals surface area contributed by atoms with Gasteiger partial charge in [-0.25, -0.2) is 9.97 Å². The van der Waals surface area contributed by atoms with Crippen LogP contribution < -0.4 is 5.73 Å². The van der Waals surface area contributed by atoms with E-state index >= 15 is 0 Å². The molecule has 0 atom stereocenters. The molecule has 0 bridgehead atoms. The fourth-order valence-electron chi connectivity index (χ4n) is 1.44. The molecule has 0 saturated carbocycles. The summed E-state index contributed by atoms with van der Waals surface area (Å²) in [6.07, 6.45) is 4.43. The van der Waals surface area contributed by atoms with E-state index in [1.807, 2.05) is 17.7 Å². The summed E-state index contributed by atoms with van der Waals surface area (Å²) < 4.78 is 1.91. The van der Waals surface area contributed by atoms with Crippen molar-refractivity contribution in [3.63, 3.8) is 0 Å². The van der Waals surface area contributed by atoms with Crippen LogP contribution in [0.3, 0.4) is 0 Å². The zero-order chi connectivity index (χ0) is 9.26. The second kappa shape index (κ2) is 3.14. The highest BCUT2D eigenvalue weighted by atomic mass is 15.1. The van der Waals surface area contributed by atoms with Gasteiger partial charge in [-0.15, -0.1) is 0 Å². The number of hydrogen-bond acceptors (Lipinski definition) is 3. The fourth-order valence-corrected chi connectivity index (χ4v) is 1.44. The second-order valence-electron chi connectivity index (χ2n) is 3.04. The third kappa shape index (κ3) is 1.29. The van der Waals surface area contributed by atoms with Gasteiger partial charge < -0.3 is 10.3 Å². The molecule has 0 amide bonds. The van der Waals surface area contributed by atoms with E-state index in [0.717, 1.165) is 17.6 Å². The number of aryl methyl sites for hydroxylation is 1. The van der Waals surface area contributed by atoms with Gasteiger partial charge in [0, 0.05) is 13.2 Å². The number of aromatic nitrogens is 3. The maximum Gasteiger partial charge on any atom is 0.159 e. The van der Waals surface area contributed by atoms with Gasteiger partial charge in [0.05, 0.1) is 6.33 Å². The lowest BCUT2D eigenvalue weighted by molar-refractivity contribution is 0.930. The van der Waals surface area contributed by atoms with Crippen LogP contribution in [-0.4, -0.2) is 21.1 Å². The summed E-state index contributed by atoms with van der Waals surface area (Å²) in [6, 6.07) is 1.97. The topological polar surface area (TPSA) is 56.7 Å². The largest absolute Gasteiger partial charge is 0.330 e. The summed E-state index contributed by atoms with van der Waals surface area (Å²) in [5, 5.41) is 0. The lowest BCUT2D eigenvalue weighted by atomic mass is 10.2. The first-order chi connectivity index (χ1) is 6.33. The van der Waals surface area contributed by atoms with Crippen LogP contribution in [0.2, 0.25) is 0 Å². The summed E-state index contributed by atoms with van der Waals surface area (Å²) in [5.41, 5.74) is 8.57. The summed E-state index contributed by atoms with van der Waals surface area (Å²) in [5.74, 6) is 0. The van der Waals surface area contributed by atoms with Crippen LogP contribution in [0.4, 0.5) is 0 Å². The van der Waals surface area contributed by atoms with Crippen molar-refractivity contribution in [2.45, 2.75) is 6.42 Å². The molecule has 2 N–H and O–H groups in total. The standard InChI is InChI=1S/C9H12N4/c1-13-6-12-8-7(2-4-10)3-5-11-9(8)13/h3,5-6H,2,4,10H2,1H3. The predicted molar refractivity (Wildman–Crippen MR) is 51.3 cm³/mol. The van der Waals surface area contributed by atoms with Crippen LogP contribution in [0.25, 0.3) is 11.2 Å². The van der Waals surface area contributed by atoms with Gasteiger partial charge in [-0.1, -0.05) is 0 Å². The summed E-state index contributed by atoms with van der Waals surface area (Å²) in [7, 11) is 1.94. The second-order valence-corrected chi connectivity index (χ2v) is 3.04. The molecule has 2 aromatic rings. The van der Waals surface area contributed by atoms with Crippen molar-refractivity contribution < 1.29 is 0 Å². The molecular weight excluding hydrogens is 164 g/mol. The highest BCUT2D eigenvalue weighted by Crippen LogP contribution is 2.13. The molecule has 0 unspecified atom stereocenters. The first kappa shape index (κ1) is 8.19. The molecule has 0 aliphatic rings. The number of rotatable bonds is 2. The average molecular weight is 176 g/mol. The van der Waals surface area contributed by atoms with Crippen molar-refractivity contribution in [2.24, 2.45) is 12.8 Å². The quantitative estimate of drug-likeness (QED) is 0.723. The van der Waals surface area contributed by atoms with Crippen LogP contribution in [-0.2, 0) is 13.5 Å². The van der Waals surface area contributed by atoms with E-state index in [9.17, 15) is 0 Å². The van der Waals surface area contributed by atoms with Gasteiger partial charge in [0.25, 0.3) is 0 Å². The van der Waals surface area contributed by atoms with Crippen molar-refractivity contribution in [3.8, 4) is 0 Å². The Labute approximate surface area is 76.4 Å². The highest BCUT2D eigenvalue weighted by molar-refractivity contribution is 5.74. The van der Waals surface area contributed by atoms with E-state index in [1.165, 1.54) is 5.56 Å². The van der Waals surface area contributed by atoms with Gasteiger partial charge >= 0.3 is 0 Å². The first-order valence-corrected chi connectivity index (χ1v) is 4.28. The Morgan fingerprint density at radius 1 is 1.46 bits per heavy atom. The Bertz CT molecular complexity index is 418. The number of fused-ring (bicyclic) bond motifs is 1. The zero-order valence-electron chi connectivity index (χ0n) is 7.57. The lowest BCUT2D eigenvalue weighted by Gasteiger charge is -1.99. The van der Waals surface area contributed by atoms with Crippen molar-refractivity contribution in [1.82, 2.24) is 14.5 Å². The predicted octanol–water partition coefficient (Wildman–Crippen LogP) is 0.469. The van der Waals surface area contributed by atoms with Crippen molar-refractivity contribution >= 4 is 11.2 Å². The van der Waals surface area contributed by atoms with Gasteiger partial charge in [-0.2, -0.15) is 0 Å². The third-order valence-electron chi connectivity index (χ3n) is 2.10. The minimum Gasteiger partial charge on any atom is -0.330 e. The number of imidazole rings is 1. The van der Waals surface area contributed by atoms with Gasteiger partial charge in [-0.05, 0) is 24.6 Å². The molecule has 68 valence electrons. The van der Waals surface area contributed by atoms with Crippen molar-refractivity contribution in [2.75, 3.05) is 6.54 Å². The maximum absolute atomic E-state index is 5.50. The van der Waals surface area contributed by atoms with Crippen LogP contribution in [0.1, 0.15) is 5.56 Å². The number of nitrogens with zero attached hydrogens (tertiary/aromatic N) is 3. The smallest absolute Gasteiger partial charge is 0.159 e. The van der Waals surface area contributed by atoms with Crippen molar-refractivity contribution in [1.29, 1.82) is 0 Å². The van der Waals surface area contributed by atoms with Crippen LogP contribution >= 0.6 is 0 Å². The molecule has 13 heavy (non-hydrogen) atoms.